The number of nitrogens with zero attached hydrogens (tertiary/aromatic N) is 1. The molecule has 0 bridgehead atoms. The molecule has 0 heterocycles. The Morgan fingerprint density at radius 1 is 1.42 bits per heavy atom. The fourth-order valence-electron chi connectivity index (χ4n) is 2.76. The smallest absolute Gasteiger partial charge is 0.225 e. The van der Waals surface area contributed by atoms with E-state index in [9.17, 15) is 9.59 Å². The van der Waals surface area contributed by atoms with Gasteiger partial charge in [0.25, 0.3) is 0 Å². The fraction of sp³-hybridized carbons (Fsp3) is 0.846. The lowest BCUT2D eigenvalue weighted by Gasteiger charge is -2.26. The Kier molecular flexibility index (Phi) is 8.02. The van der Waals surface area contributed by atoms with Crippen LogP contribution in [-0.2, 0) is 9.59 Å². The molecule has 0 saturated heterocycles. The van der Waals surface area contributed by atoms with Gasteiger partial charge in [-0.05, 0) is 25.3 Å². The average Bonchev–Trinajstić information content (AvgIpc) is 2.84. The number of carbonyl (C=O) groups is 2. The van der Waals surface area contributed by atoms with Gasteiger partial charge in [-0.25, -0.2) is 0 Å². The number of carbonyl (C=O) groups excluding carboxylic acids is 2. The highest BCUT2D eigenvalue weighted by Crippen LogP contribution is 2.32. The van der Waals surface area contributed by atoms with E-state index in [1.807, 2.05) is 6.92 Å². The van der Waals surface area contributed by atoms with Gasteiger partial charge in [-0.1, -0.05) is 13.3 Å². The van der Waals surface area contributed by atoms with Crippen molar-refractivity contribution in [3.63, 3.8) is 0 Å². The number of halogens is 1. The first-order valence-electron chi connectivity index (χ1n) is 6.67. The van der Waals surface area contributed by atoms with E-state index in [0.717, 1.165) is 19.3 Å². The maximum Gasteiger partial charge on any atom is 0.225 e. The Labute approximate surface area is 121 Å². The summed E-state index contributed by atoms with van der Waals surface area (Å²) in [5, 5.41) is 2.60. The molecular formula is C13H26ClN3O2. The summed E-state index contributed by atoms with van der Waals surface area (Å²) in [4.78, 5) is 25.4. The molecule has 2 amide bonds. The van der Waals surface area contributed by atoms with E-state index < -0.39 is 0 Å². The van der Waals surface area contributed by atoms with Gasteiger partial charge in [0.1, 0.15) is 0 Å². The molecule has 1 aliphatic rings. The zero-order valence-corrected chi connectivity index (χ0v) is 12.8. The Morgan fingerprint density at radius 2 is 2.05 bits per heavy atom. The van der Waals surface area contributed by atoms with E-state index in [1.54, 1.807) is 19.0 Å². The van der Waals surface area contributed by atoms with Crippen LogP contribution < -0.4 is 11.1 Å². The van der Waals surface area contributed by atoms with Crippen molar-refractivity contribution < 1.29 is 9.59 Å². The second kappa shape index (κ2) is 8.38. The Bertz CT molecular complexity index is 312. The summed E-state index contributed by atoms with van der Waals surface area (Å²) in [6, 6.07) is 0. The van der Waals surface area contributed by atoms with Gasteiger partial charge < -0.3 is 16.0 Å². The van der Waals surface area contributed by atoms with E-state index in [4.69, 9.17) is 5.73 Å². The molecule has 0 spiro atoms. The van der Waals surface area contributed by atoms with Crippen LogP contribution in [0.1, 0.15) is 26.2 Å². The minimum atomic E-state index is -0.179. The summed E-state index contributed by atoms with van der Waals surface area (Å²) < 4.78 is 0. The van der Waals surface area contributed by atoms with Gasteiger partial charge in [0.2, 0.25) is 11.8 Å². The van der Waals surface area contributed by atoms with Crippen LogP contribution >= 0.6 is 12.4 Å². The van der Waals surface area contributed by atoms with Gasteiger partial charge in [-0.3, -0.25) is 9.59 Å². The molecule has 0 aromatic carbocycles. The molecule has 19 heavy (non-hydrogen) atoms. The number of amides is 2. The maximum absolute atomic E-state index is 12.3. The summed E-state index contributed by atoms with van der Waals surface area (Å²) in [5.74, 6) is 0.295. The van der Waals surface area contributed by atoms with Crippen molar-refractivity contribution >= 4 is 24.2 Å². The first-order valence-corrected chi connectivity index (χ1v) is 6.67. The molecule has 5 nitrogen and oxygen atoms in total. The van der Waals surface area contributed by atoms with Gasteiger partial charge in [0.05, 0.1) is 5.92 Å². The number of nitrogens with one attached hydrogen (secondary N) is 1. The van der Waals surface area contributed by atoms with Crippen molar-refractivity contribution in [1.29, 1.82) is 0 Å². The standard InChI is InChI=1S/C13H25N3O2.ClH/c1-9(12(17)15-2)8-16(3)13(18)11-6-4-5-10(11)7-14;/h9-11H,4-8,14H2,1-3H3,(H,15,17);1H/t9?,10-,11-;/m1./s1. The SMILES string of the molecule is CNC(=O)C(C)CN(C)C(=O)[C@@H]1CCC[C@@H]1CN.Cl. The molecule has 1 fully saturated rings. The lowest BCUT2D eigenvalue weighted by atomic mass is 9.94. The van der Waals surface area contributed by atoms with Crippen molar-refractivity contribution in [2.75, 3.05) is 27.2 Å². The predicted molar refractivity (Wildman–Crippen MR) is 78.0 cm³/mol. The van der Waals surface area contributed by atoms with Crippen molar-refractivity contribution in [2.24, 2.45) is 23.5 Å². The summed E-state index contributed by atoms with van der Waals surface area (Å²) in [6.45, 7) is 2.87. The largest absolute Gasteiger partial charge is 0.359 e. The van der Waals surface area contributed by atoms with Gasteiger partial charge in [0.15, 0.2) is 0 Å². The molecule has 1 aliphatic carbocycles. The zero-order chi connectivity index (χ0) is 13.7. The van der Waals surface area contributed by atoms with Crippen LogP contribution in [0.4, 0.5) is 0 Å². The van der Waals surface area contributed by atoms with Crippen LogP contribution in [0, 0.1) is 17.8 Å². The van der Waals surface area contributed by atoms with Crippen LogP contribution in [0.3, 0.4) is 0 Å². The summed E-state index contributed by atoms with van der Waals surface area (Å²) >= 11 is 0. The van der Waals surface area contributed by atoms with Crippen LogP contribution in [-0.4, -0.2) is 43.9 Å². The predicted octanol–water partition coefficient (Wildman–Crippen LogP) is 0.624. The highest BCUT2D eigenvalue weighted by atomic mass is 35.5. The second-order valence-corrected chi connectivity index (χ2v) is 5.27. The van der Waals surface area contributed by atoms with Crippen LogP contribution in [0.5, 0.6) is 0 Å². The third kappa shape index (κ3) is 4.66. The van der Waals surface area contributed by atoms with Gasteiger partial charge in [0, 0.05) is 26.6 Å². The second-order valence-electron chi connectivity index (χ2n) is 5.27. The maximum atomic E-state index is 12.3. The van der Waals surface area contributed by atoms with Gasteiger partial charge >= 0.3 is 0 Å². The molecule has 112 valence electrons. The van der Waals surface area contributed by atoms with Crippen LogP contribution in [0.25, 0.3) is 0 Å². The first kappa shape index (κ1) is 18.2. The van der Waals surface area contributed by atoms with Crippen molar-refractivity contribution in [2.45, 2.75) is 26.2 Å². The normalized spacial score (nSPS) is 23.4. The molecular weight excluding hydrogens is 266 g/mol. The van der Waals surface area contributed by atoms with E-state index in [-0.39, 0.29) is 36.1 Å². The Hall–Kier alpha value is -0.810. The lowest BCUT2D eigenvalue weighted by Crippen LogP contribution is -2.41. The molecule has 1 rings (SSSR count). The number of hydrogen-bond donors (Lipinski definition) is 2. The molecule has 0 aromatic rings. The average molecular weight is 292 g/mol. The summed E-state index contributed by atoms with van der Waals surface area (Å²) in [7, 11) is 3.38. The third-order valence-corrected chi connectivity index (χ3v) is 3.90. The van der Waals surface area contributed by atoms with Crippen molar-refractivity contribution in [1.82, 2.24) is 10.2 Å². The minimum Gasteiger partial charge on any atom is -0.359 e. The molecule has 3 N–H and O–H groups in total. The van der Waals surface area contributed by atoms with E-state index >= 15 is 0 Å². The Morgan fingerprint density at radius 3 is 2.58 bits per heavy atom. The highest BCUT2D eigenvalue weighted by molar-refractivity contribution is 5.85. The van der Waals surface area contributed by atoms with E-state index in [0.29, 0.717) is 19.0 Å². The summed E-state index contributed by atoms with van der Waals surface area (Å²) in [5.41, 5.74) is 5.70. The lowest BCUT2D eigenvalue weighted by molar-refractivity contribution is -0.136. The van der Waals surface area contributed by atoms with E-state index in [2.05, 4.69) is 5.32 Å². The molecule has 3 atom stereocenters. The fourth-order valence-corrected chi connectivity index (χ4v) is 2.76. The molecule has 0 radical (unpaired) electrons. The van der Waals surface area contributed by atoms with Crippen molar-refractivity contribution in [3.8, 4) is 0 Å². The monoisotopic (exact) mass is 291 g/mol. The van der Waals surface area contributed by atoms with Crippen molar-refractivity contribution in [3.05, 3.63) is 0 Å². The van der Waals surface area contributed by atoms with E-state index in [1.165, 1.54) is 0 Å². The summed E-state index contributed by atoms with van der Waals surface area (Å²) in [6.07, 6.45) is 3.06. The molecule has 1 unspecified atom stereocenters. The number of nitrogens with two attached hydrogens (primary N) is 1. The van der Waals surface area contributed by atoms with Crippen LogP contribution in [0.2, 0.25) is 0 Å². The minimum absolute atomic E-state index is 0. The quantitative estimate of drug-likeness (QED) is 0.780. The number of hydrogen-bond acceptors (Lipinski definition) is 3. The first-order chi connectivity index (χ1) is 8.51. The molecule has 1 saturated carbocycles. The molecule has 6 heteroatoms. The zero-order valence-electron chi connectivity index (χ0n) is 12.0. The highest BCUT2D eigenvalue weighted by Gasteiger charge is 2.34. The van der Waals surface area contributed by atoms with Gasteiger partial charge in [-0.15, -0.1) is 12.4 Å². The number of rotatable bonds is 5. The molecule has 0 aliphatic heterocycles. The Balaban J connectivity index is 0.00000324. The van der Waals surface area contributed by atoms with Crippen LogP contribution in [0.15, 0.2) is 0 Å². The van der Waals surface area contributed by atoms with Gasteiger partial charge in [-0.2, -0.15) is 0 Å². The molecule has 0 aromatic heterocycles. The topological polar surface area (TPSA) is 75.4 Å². The third-order valence-electron chi connectivity index (χ3n) is 3.90.